The number of fused-ring (bicyclic) bond motifs is 4. The van der Waals surface area contributed by atoms with Crippen LogP contribution in [0.2, 0.25) is 0 Å². The Labute approximate surface area is 276 Å². The van der Waals surface area contributed by atoms with Crippen LogP contribution in [0.5, 0.6) is 0 Å². The van der Waals surface area contributed by atoms with Gasteiger partial charge in [-0.05, 0) is 111 Å². The Kier molecular flexibility index (Phi) is 7.67. The Morgan fingerprint density at radius 2 is 1.72 bits per heavy atom. The number of urea groups is 1. The minimum absolute atomic E-state index is 0.00691. The molecule has 9 heteroatoms. The molecule has 0 bridgehead atoms. The van der Waals surface area contributed by atoms with Gasteiger partial charge in [-0.15, -0.1) is 0 Å². The number of amides is 2. The van der Waals surface area contributed by atoms with Crippen LogP contribution in [0.1, 0.15) is 99.8 Å². The first kappa shape index (κ1) is 33.5. The first-order chi connectivity index (χ1) is 21.3. The number of aliphatic hydroxyl groups excluding tert-OH is 2. The monoisotopic (exact) mass is 646 g/mol. The summed E-state index contributed by atoms with van der Waals surface area (Å²) in [5.74, 6) is 1.51. The minimum atomic E-state index is -1.26. The third-order valence-corrected chi connectivity index (χ3v) is 15.8. The molecule has 0 aromatic carbocycles. The van der Waals surface area contributed by atoms with E-state index in [-0.39, 0.29) is 51.2 Å². The van der Waals surface area contributed by atoms with Gasteiger partial charge in [0.15, 0.2) is 6.29 Å². The summed E-state index contributed by atoms with van der Waals surface area (Å²) in [6.07, 6.45) is 5.97. The summed E-state index contributed by atoms with van der Waals surface area (Å²) in [5.41, 5.74) is -1.07. The van der Waals surface area contributed by atoms with E-state index in [9.17, 15) is 20.1 Å². The van der Waals surface area contributed by atoms with Crippen LogP contribution >= 0.6 is 0 Å². The molecule has 14 atom stereocenters. The number of carbonyl (C=O) groups is 1. The van der Waals surface area contributed by atoms with E-state index in [4.69, 9.17) is 14.2 Å². The van der Waals surface area contributed by atoms with Crippen LogP contribution in [-0.4, -0.2) is 107 Å². The number of morpholine rings is 1. The average Bonchev–Trinajstić information content (AvgIpc) is 3.62. The third-order valence-electron chi connectivity index (χ3n) is 15.8. The lowest BCUT2D eigenvalue weighted by atomic mass is 9.41. The van der Waals surface area contributed by atoms with Gasteiger partial charge in [0.1, 0.15) is 6.10 Å². The molecular formula is C37H62N2O7. The third kappa shape index (κ3) is 4.30. The van der Waals surface area contributed by atoms with Crippen LogP contribution in [0.3, 0.4) is 0 Å². The Balaban J connectivity index is 1.11. The number of rotatable bonds is 4. The van der Waals surface area contributed by atoms with Crippen molar-refractivity contribution in [3.63, 3.8) is 0 Å². The predicted molar refractivity (Wildman–Crippen MR) is 174 cm³/mol. The molecule has 3 N–H and O–H groups in total. The highest BCUT2D eigenvalue weighted by molar-refractivity contribution is 5.73. The molecule has 0 aromatic heterocycles. The van der Waals surface area contributed by atoms with Crippen LogP contribution in [0.4, 0.5) is 4.79 Å². The summed E-state index contributed by atoms with van der Waals surface area (Å²) in [5, 5.41) is 34.1. The van der Waals surface area contributed by atoms with Gasteiger partial charge in [-0.3, -0.25) is 0 Å². The Morgan fingerprint density at radius 3 is 2.39 bits per heavy atom. The van der Waals surface area contributed by atoms with Gasteiger partial charge >= 0.3 is 6.03 Å². The maximum atomic E-state index is 12.7. The van der Waals surface area contributed by atoms with Crippen LogP contribution in [0.15, 0.2) is 0 Å². The zero-order valence-corrected chi connectivity index (χ0v) is 29.9. The molecule has 7 aliphatic rings. The molecule has 2 aliphatic heterocycles. The second-order valence-electron chi connectivity index (χ2n) is 18.7. The van der Waals surface area contributed by atoms with E-state index in [1.54, 1.807) is 32.8 Å². The van der Waals surface area contributed by atoms with Crippen molar-refractivity contribution in [2.45, 2.75) is 142 Å². The molecule has 46 heavy (non-hydrogen) atoms. The molecule has 2 saturated heterocycles. The van der Waals surface area contributed by atoms with Crippen molar-refractivity contribution in [1.29, 1.82) is 0 Å². The molecule has 9 nitrogen and oxygen atoms in total. The van der Waals surface area contributed by atoms with Gasteiger partial charge < -0.3 is 39.3 Å². The van der Waals surface area contributed by atoms with Crippen molar-refractivity contribution in [2.24, 2.45) is 50.7 Å². The molecule has 7 fully saturated rings. The molecule has 5 aliphatic carbocycles. The molecule has 6 unspecified atom stereocenters. The highest BCUT2D eigenvalue weighted by atomic mass is 16.7. The maximum absolute atomic E-state index is 12.7. The molecule has 262 valence electrons. The van der Waals surface area contributed by atoms with Crippen LogP contribution in [0.25, 0.3) is 0 Å². The van der Waals surface area contributed by atoms with Crippen molar-refractivity contribution in [1.82, 2.24) is 9.80 Å². The molecule has 5 saturated carbocycles. The normalized spacial score (nSPS) is 51.6. The summed E-state index contributed by atoms with van der Waals surface area (Å²) in [7, 11) is 3.58. The van der Waals surface area contributed by atoms with Gasteiger partial charge in [-0.2, -0.15) is 0 Å². The number of nitrogens with zero attached hydrogens (tertiary/aromatic N) is 2. The van der Waals surface area contributed by atoms with Crippen molar-refractivity contribution in [2.75, 3.05) is 33.8 Å². The summed E-state index contributed by atoms with van der Waals surface area (Å²) in [4.78, 5) is 16.1. The van der Waals surface area contributed by atoms with Gasteiger partial charge in [-0.25, -0.2) is 4.79 Å². The topological polar surface area (TPSA) is 112 Å². The second kappa shape index (κ2) is 10.5. The fourth-order valence-electron chi connectivity index (χ4n) is 13.6. The minimum Gasteiger partial charge on any atom is -0.390 e. The molecular weight excluding hydrogens is 584 g/mol. The molecule has 0 radical (unpaired) electrons. The number of carbonyl (C=O) groups excluding carboxylic acids is 1. The van der Waals surface area contributed by atoms with E-state index in [1.807, 2.05) is 4.90 Å². The standard InChI is InChI=1S/C37H62N2O7/c1-21-18-22(29(40)33(4,5)43)45-28-27(21)34(6)14-15-37-20-36(37)13-12-25(46-26-19-39(16-17-44-26)31(42)38(8)9)32(2,3)23(36)10-11-24(37)35(34,7)30(28)41/h21-30,40-41,43H,10-20H2,1-9H3/t21-,22?,23+,24?,25+,26?,27+,28?,29+,30+,34?,35-,36?,37+/m1/s1. The molecule has 0 aromatic rings. The van der Waals surface area contributed by atoms with E-state index in [1.165, 1.54) is 12.8 Å². The zero-order valence-electron chi connectivity index (χ0n) is 29.9. The Morgan fingerprint density at radius 1 is 1.04 bits per heavy atom. The van der Waals surface area contributed by atoms with Crippen molar-refractivity contribution in [3.8, 4) is 0 Å². The first-order valence-electron chi connectivity index (χ1n) is 18.3. The average molecular weight is 647 g/mol. The number of ether oxygens (including phenoxy) is 3. The van der Waals surface area contributed by atoms with E-state index in [0.29, 0.717) is 43.9 Å². The number of hydrogen-bond donors (Lipinski definition) is 3. The van der Waals surface area contributed by atoms with Gasteiger partial charge in [0.25, 0.3) is 0 Å². The summed E-state index contributed by atoms with van der Waals surface area (Å²) in [6.45, 7) is 16.8. The Hall–Kier alpha value is -0.970. The second-order valence-corrected chi connectivity index (χ2v) is 18.7. The molecule has 2 spiro atoms. The van der Waals surface area contributed by atoms with Crippen LogP contribution < -0.4 is 0 Å². The van der Waals surface area contributed by atoms with Crippen LogP contribution in [0, 0.1) is 50.7 Å². The number of aliphatic hydroxyl groups is 3. The lowest BCUT2D eigenvalue weighted by Gasteiger charge is -2.64. The van der Waals surface area contributed by atoms with Crippen molar-refractivity contribution >= 4 is 6.03 Å². The van der Waals surface area contributed by atoms with Gasteiger partial charge in [-0.1, -0.05) is 34.6 Å². The lowest BCUT2D eigenvalue weighted by Crippen LogP contribution is -2.60. The van der Waals surface area contributed by atoms with E-state index in [2.05, 4.69) is 34.6 Å². The summed E-state index contributed by atoms with van der Waals surface area (Å²) >= 11 is 0. The number of hydrogen-bond acceptors (Lipinski definition) is 7. The van der Waals surface area contributed by atoms with Crippen LogP contribution in [-0.2, 0) is 14.2 Å². The summed E-state index contributed by atoms with van der Waals surface area (Å²) < 4.78 is 19.5. The van der Waals surface area contributed by atoms with Crippen molar-refractivity contribution in [3.05, 3.63) is 0 Å². The Bertz CT molecular complexity index is 1220. The highest BCUT2D eigenvalue weighted by Crippen LogP contribution is 2.89. The van der Waals surface area contributed by atoms with E-state index >= 15 is 0 Å². The molecule has 7 rings (SSSR count). The fraction of sp³-hybridized carbons (Fsp3) is 0.973. The van der Waals surface area contributed by atoms with Crippen molar-refractivity contribution < 1.29 is 34.3 Å². The quantitative estimate of drug-likeness (QED) is 0.408. The lowest BCUT2D eigenvalue weighted by molar-refractivity contribution is -0.245. The summed E-state index contributed by atoms with van der Waals surface area (Å²) in [6, 6.07) is 0.00691. The molecule has 2 amide bonds. The highest BCUT2D eigenvalue weighted by Gasteiger charge is 2.84. The SMILES string of the molecule is C[C@@H]1CC([C@H](O)C(C)(C)O)OC2[C@H]1C1(C)CC[C@@]34CC35CC[C@H](OC3CN(C(=O)N(C)C)CCO3)C(C)(C)[C@@H]5CCC4[C@]1(C)[C@H]2O. The first-order valence-corrected chi connectivity index (χ1v) is 18.3. The van der Waals surface area contributed by atoms with Gasteiger partial charge in [0, 0.05) is 26.1 Å². The molecule has 2 heterocycles. The van der Waals surface area contributed by atoms with E-state index in [0.717, 1.165) is 32.1 Å². The largest absolute Gasteiger partial charge is 0.390 e. The van der Waals surface area contributed by atoms with Gasteiger partial charge in [0.05, 0.1) is 43.2 Å². The predicted octanol–water partition coefficient (Wildman–Crippen LogP) is 4.66. The maximum Gasteiger partial charge on any atom is 0.319 e. The zero-order chi connectivity index (χ0) is 33.4. The fourth-order valence-corrected chi connectivity index (χ4v) is 13.6. The smallest absolute Gasteiger partial charge is 0.319 e. The van der Waals surface area contributed by atoms with E-state index < -0.39 is 30.2 Å². The van der Waals surface area contributed by atoms with Gasteiger partial charge in [0.2, 0.25) is 0 Å².